The zero-order chi connectivity index (χ0) is 31.7. The van der Waals surface area contributed by atoms with Crippen LogP contribution in [0.5, 0.6) is 0 Å². The third kappa shape index (κ3) is 8.49. The number of hydrogen-bond acceptors (Lipinski definition) is 4. The van der Waals surface area contributed by atoms with E-state index in [2.05, 4.69) is 21.2 Å². The van der Waals surface area contributed by atoms with Crippen molar-refractivity contribution < 1.29 is 18.0 Å². The van der Waals surface area contributed by atoms with Crippen LogP contribution in [0.15, 0.2) is 112 Å². The number of carbonyl (C=O) groups is 2. The number of benzene rings is 4. The van der Waals surface area contributed by atoms with Crippen LogP contribution in [0, 0.1) is 6.92 Å². The van der Waals surface area contributed by atoms with Gasteiger partial charge < -0.3 is 10.2 Å². The molecule has 10 heteroatoms. The summed E-state index contributed by atoms with van der Waals surface area (Å²) in [6.45, 7) is 3.73. The molecular weight excluding hydrogens is 662 g/mol. The van der Waals surface area contributed by atoms with E-state index in [0.717, 1.165) is 19.9 Å². The fourth-order valence-electron chi connectivity index (χ4n) is 4.70. The van der Waals surface area contributed by atoms with Gasteiger partial charge in [-0.15, -0.1) is 0 Å². The highest BCUT2D eigenvalue weighted by molar-refractivity contribution is 9.10. The van der Waals surface area contributed by atoms with Crippen molar-refractivity contribution in [3.05, 3.63) is 129 Å². The monoisotopic (exact) mass is 695 g/mol. The summed E-state index contributed by atoms with van der Waals surface area (Å²) in [6, 6.07) is 28.8. The minimum absolute atomic E-state index is 0.00824. The summed E-state index contributed by atoms with van der Waals surface area (Å²) in [6.07, 6.45) is 0.948. The van der Waals surface area contributed by atoms with Gasteiger partial charge in [0.15, 0.2) is 0 Å². The van der Waals surface area contributed by atoms with Gasteiger partial charge in [0.2, 0.25) is 11.8 Å². The Morgan fingerprint density at radius 3 is 2.16 bits per heavy atom. The maximum absolute atomic E-state index is 14.4. The second-order valence-corrected chi connectivity index (χ2v) is 13.6. The van der Waals surface area contributed by atoms with Crippen LogP contribution < -0.4 is 9.62 Å². The summed E-state index contributed by atoms with van der Waals surface area (Å²) in [5, 5.41) is 3.38. The van der Waals surface area contributed by atoms with Crippen LogP contribution >= 0.6 is 27.5 Å². The van der Waals surface area contributed by atoms with Crippen molar-refractivity contribution in [1.82, 2.24) is 10.2 Å². The summed E-state index contributed by atoms with van der Waals surface area (Å²) in [4.78, 5) is 29.6. The van der Waals surface area contributed by atoms with Gasteiger partial charge >= 0.3 is 0 Å². The maximum atomic E-state index is 14.4. The van der Waals surface area contributed by atoms with E-state index in [1.807, 2.05) is 50.2 Å². The van der Waals surface area contributed by atoms with Crippen molar-refractivity contribution in [1.29, 1.82) is 0 Å². The smallest absolute Gasteiger partial charge is 0.264 e. The molecule has 44 heavy (non-hydrogen) atoms. The third-order valence-corrected chi connectivity index (χ3v) is 9.81. The molecule has 4 aromatic rings. The molecule has 0 fully saturated rings. The van der Waals surface area contributed by atoms with Crippen LogP contribution in [0.3, 0.4) is 0 Å². The normalized spacial score (nSPS) is 11.9. The van der Waals surface area contributed by atoms with Crippen molar-refractivity contribution in [2.75, 3.05) is 17.4 Å². The lowest BCUT2D eigenvalue weighted by molar-refractivity contribution is -0.140. The van der Waals surface area contributed by atoms with E-state index < -0.39 is 28.5 Å². The van der Waals surface area contributed by atoms with Crippen LogP contribution in [0.4, 0.5) is 5.69 Å². The number of halogens is 2. The first kappa shape index (κ1) is 33.2. The van der Waals surface area contributed by atoms with Crippen molar-refractivity contribution >= 4 is 55.1 Å². The molecule has 0 saturated carbocycles. The Balaban J connectivity index is 1.80. The topological polar surface area (TPSA) is 86.8 Å². The van der Waals surface area contributed by atoms with Gasteiger partial charge in [-0.3, -0.25) is 13.9 Å². The molecule has 0 unspecified atom stereocenters. The van der Waals surface area contributed by atoms with Gasteiger partial charge in [-0.1, -0.05) is 101 Å². The number of hydrogen-bond donors (Lipinski definition) is 1. The molecule has 0 aliphatic rings. The molecule has 0 aliphatic heterocycles. The molecule has 1 atom stereocenters. The second-order valence-electron chi connectivity index (χ2n) is 10.4. The van der Waals surface area contributed by atoms with Crippen LogP contribution in [-0.2, 0) is 32.6 Å². The minimum Gasteiger partial charge on any atom is -0.354 e. The summed E-state index contributed by atoms with van der Waals surface area (Å²) in [5.74, 6) is -0.871. The molecule has 0 spiro atoms. The predicted octanol–water partition coefficient (Wildman–Crippen LogP) is 6.77. The first-order valence-electron chi connectivity index (χ1n) is 14.3. The molecule has 4 rings (SSSR count). The number of nitrogens with zero attached hydrogens (tertiary/aromatic N) is 2. The number of anilines is 1. The second kappa shape index (κ2) is 15.4. The number of nitrogens with one attached hydrogen (secondary N) is 1. The van der Waals surface area contributed by atoms with Crippen LogP contribution in [0.1, 0.15) is 30.0 Å². The Kier molecular flexibility index (Phi) is 11.6. The fraction of sp³-hybridized carbons (Fsp3) is 0.235. The minimum atomic E-state index is -4.17. The Morgan fingerprint density at radius 1 is 0.886 bits per heavy atom. The van der Waals surface area contributed by atoms with Crippen molar-refractivity contribution in [3.8, 4) is 0 Å². The Bertz CT molecular complexity index is 1670. The van der Waals surface area contributed by atoms with Gasteiger partial charge in [0.1, 0.15) is 12.6 Å². The molecule has 0 aliphatic carbocycles. The summed E-state index contributed by atoms with van der Waals surface area (Å²) >= 11 is 9.94. The van der Waals surface area contributed by atoms with E-state index in [9.17, 15) is 18.0 Å². The van der Waals surface area contributed by atoms with E-state index >= 15 is 0 Å². The van der Waals surface area contributed by atoms with Crippen molar-refractivity contribution in [2.45, 2.75) is 44.2 Å². The van der Waals surface area contributed by atoms with Gasteiger partial charge in [-0.25, -0.2) is 8.42 Å². The first-order valence-corrected chi connectivity index (χ1v) is 16.9. The molecule has 0 aromatic heterocycles. The highest BCUT2D eigenvalue weighted by Gasteiger charge is 2.34. The first-order chi connectivity index (χ1) is 21.1. The average molecular weight is 697 g/mol. The zero-order valence-corrected chi connectivity index (χ0v) is 27.8. The lowest BCUT2D eigenvalue weighted by Gasteiger charge is -2.34. The molecule has 0 bridgehead atoms. The van der Waals surface area contributed by atoms with Gasteiger partial charge in [0.05, 0.1) is 10.6 Å². The highest BCUT2D eigenvalue weighted by Crippen LogP contribution is 2.27. The number of aryl methyl sites for hydroxylation is 1. The highest BCUT2D eigenvalue weighted by atomic mass is 79.9. The molecule has 0 saturated heterocycles. The summed E-state index contributed by atoms with van der Waals surface area (Å²) in [7, 11) is -4.17. The Labute approximate surface area is 273 Å². The van der Waals surface area contributed by atoms with Gasteiger partial charge in [0.25, 0.3) is 10.0 Å². The SMILES string of the molecule is CCCNC(=O)[C@@H](Cc1ccccc1)N(Cc1ccccc1Cl)C(=O)CN(c1ccc(Br)cc1)S(=O)(=O)c1ccc(C)cc1. The standard InChI is InChI=1S/C34H35BrClN3O4S/c1-3-21-37-34(41)32(22-26-9-5-4-6-10-26)38(23-27-11-7-8-12-31(27)36)33(40)24-39(29-17-15-28(35)16-18-29)44(42,43)30-19-13-25(2)14-20-30/h4-20,32H,3,21-24H2,1-2H3,(H,37,41)/t32-/m1/s1. The van der Waals surface area contributed by atoms with Crippen molar-refractivity contribution in [2.24, 2.45) is 0 Å². The molecule has 7 nitrogen and oxygen atoms in total. The van der Waals surface area contributed by atoms with Crippen LogP contribution in [0.25, 0.3) is 0 Å². The van der Waals surface area contributed by atoms with Crippen molar-refractivity contribution in [3.63, 3.8) is 0 Å². The maximum Gasteiger partial charge on any atom is 0.264 e. The lowest BCUT2D eigenvalue weighted by atomic mass is 10.0. The Morgan fingerprint density at radius 2 is 1.52 bits per heavy atom. The number of sulfonamides is 1. The van der Waals surface area contributed by atoms with E-state index in [4.69, 9.17) is 11.6 Å². The molecule has 4 aromatic carbocycles. The number of rotatable bonds is 13. The molecule has 0 radical (unpaired) electrons. The Hall–Kier alpha value is -3.66. The van der Waals surface area contributed by atoms with Crippen LogP contribution in [0.2, 0.25) is 5.02 Å². The summed E-state index contributed by atoms with van der Waals surface area (Å²) in [5.41, 5.74) is 2.72. The number of amides is 2. The van der Waals surface area contributed by atoms with E-state index in [1.165, 1.54) is 17.0 Å². The van der Waals surface area contributed by atoms with Crippen LogP contribution in [-0.4, -0.2) is 44.3 Å². The van der Waals surface area contributed by atoms with E-state index in [1.54, 1.807) is 54.6 Å². The fourth-order valence-corrected chi connectivity index (χ4v) is 6.58. The number of carbonyl (C=O) groups excluding carboxylic acids is 2. The molecule has 0 heterocycles. The van der Waals surface area contributed by atoms with Gasteiger partial charge in [-0.05, 0) is 66.9 Å². The quantitative estimate of drug-likeness (QED) is 0.167. The molecule has 230 valence electrons. The zero-order valence-electron chi connectivity index (χ0n) is 24.6. The van der Waals surface area contributed by atoms with E-state index in [0.29, 0.717) is 29.2 Å². The average Bonchev–Trinajstić information content (AvgIpc) is 3.02. The van der Waals surface area contributed by atoms with E-state index in [-0.39, 0.29) is 23.8 Å². The van der Waals surface area contributed by atoms with Gasteiger partial charge in [0, 0.05) is 29.0 Å². The molecule has 1 N–H and O–H groups in total. The largest absolute Gasteiger partial charge is 0.354 e. The van der Waals surface area contributed by atoms with Gasteiger partial charge in [-0.2, -0.15) is 0 Å². The summed E-state index contributed by atoms with van der Waals surface area (Å²) < 4.78 is 30.0. The lowest BCUT2D eigenvalue weighted by Crippen LogP contribution is -2.53. The predicted molar refractivity (Wildman–Crippen MR) is 179 cm³/mol. The third-order valence-electron chi connectivity index (χ3n) is 7.12. The molecular formula is C34H35BrClN3O4S. The molecule has 2 amide bonds.